The van der Waals surface area contributed by atoms with E-state index in [0.29, 0.717) is 10.0 Å². The fourth-order valence-electron chi connectivity index (χ4n) is 1.38. The normalized spacial score (nSPS) is 12.8. The molecule has 4 heteroatoms. The predicted molar refractivity (Wildman–Crippen MR) is 64.6 cm³/mol. The van der Waals surface area contributed by atoms with Crippen LogP contribution in [0.25, 0.3) is 0 Å². The van der Waals surface area contributed by atoms with E-state index in [1.54, 1.807) is 12.1 Å². The SMILES string of the molecule is CCCNC(CO)c1ccc(Cl)cc1Cl. The van der Waals surface area contributed by atoms with Crippen LogP contribution in [0.2, 0.25) is 10.0 Å². The molecule has 84 valence electrons. The van der Waals surface area contributed by atoms with Gasteiger partial charge in [0, 0.05) is 10.0 Å². The highest BCUT2D eigenvalue weighted by molar-refractivity contribution is 6.35. The second-order valence-corrected chi connectivity index (χ2v) is 4.20. The Morgan fingerprint density at radius 3 is 2.67 bits per heavy atom. The van der Waals surface area contributed by atoms with Crippen molar-refractivity contribution in [2.45, 2.75) is 19.4 Å². The Labute approximate surface area is 100 Å². The lowest BCUT2D eigenvalue weighted by Crippen LogP contribution is -2.25. The van der Waals surface area contributed by atoms with Crippen molar-refractivity contribution in [1.29, 1.82) is 0 Å². The fraction of sp³-hybridized carbons (Fsp3) is 0.455. The zero-order valence-electron chi connectivity index (χ0n) is 8.63. The number of benzene rings is 1. The minimum absolute atomic E-state index is 0.0291. The van der Waals surface area contributed by atoms with E-state index >= 15 is 0 Å². The first-order valence-corrected chi connectivity index (χ1v) is 5.73. The van der Waals surface area contributed by atoms with Crippen LogP contribution >= 0.6 is 23.2 Å². The predicted octanol–water partition coefficient (Wildman–Crippen LogP) is 3.03. The van der Waals surface area contributed by atoms with Gasteiger partial charge in [0.2, 0.25) is 0 Å². The molecule has 0 radical (unpaired) electrons. The highest BCUT2D eigenvalue weighted by atomic mass is 35.5. The molecular formula is C11H15Cl2NO. The summed E-state index contributed by atoms with van der Waals surface area (Å²) in [6, 6.07) is 5.19. The molecule has 0 spiro atoms. The number of aliphatic hydroxyl groups is 1. The largest absolute Gasteiger partial charge is 0.394 e. The third-order valence-electron chi connectivity index (χ3n) is 2.16. The lowest BCUT2D eigenvalue weighted by Gasteiger charge is -2.17. The molecule has 0 aliphatic carbocycles. The van der Waals surface area contributed by atoms with Crippen molar-refractivity contribution in [3.8, 4) is 0 Å². The van der Waals surface area contributed by atoms with Crippen molar-refractivity contribution < 1.29 is 5.11 Å². The molecule has 1 unspecified atom stereocenters. The maximum absolute atomic E-state index is 9.25. The smallest absolute Gasteiger partial charge is 0.0627 e. The monoisotopic (exact) mass is 247 g/mol. The van der Waals surface area contributed by atoms with E-state index < -0.39 is 0 Å². The molecule has 2 N–H and O–H groups in total. The van der Waals surface area contributed by atoms with Crippen LogP contribution in [0.3, 0.4) is 0 Å². The summed E-state index contributed by atoms with van der Waals surface area (Å²) < 4.78 is 0. The molecule has 0 amide bonds. The Hall–Kier alpha value is -0.280. The van der Waals surface area contributed by atoms with Gasteiger partial charge in [0.05, 0.1) is 12.6 Å². The number of nitrogens with one attached hydrogen (secondary N) is 1. The van der Waals surface area contributed by atoms with E-state index in [-0.39, 0.29) is 12.6 Å². The molecule has 1 aromatic carbocycles. The zero-order chi connectivity index (χ0) is 11.3. The molecule has 0 saturated carbocycles. The Morgan fingerprint density at radius 1 is 1.40 bits per heavy atom. The topological polar surface area (TPSA) is 32.3 Å². The molecule has 2 nitrogen and oxygen atoms in total. The molecule has 1 rings (SSSR count). The van der Waals surface area contributed by atoms with E-state index in [4.69, 9.17) is 23.2 Å². The van der Waals surface area contributed by atoms with E-state index in [2.05, 4.69) is 12.2 Å². The Morgan fingerprint density at radius 2 is 2.13 bits per heavy atom. The second kappa shape index (κ2) is 6.33. The number of rotatable bonds is 5. The Balaban J connectivity index is 2.81. The van der Waals surface area contributed by atoms with E-state index in [1.165, 1.54) is 0 Å². The van der Waals surface area contributed by atoms with Crippen molar-refractivity contribution >= 4 is 23.2 Å². The molecule has 0 aromatic heterocycles. The average molecular weight is 248 g/mol. The Kier molecular flexibility index (Phi) is 5.40. The summed E-state index contributed by atoms with van der Waals surface area (Å²) in [6.07, 6.45) is 1.02. The van der Waals surface area contributed by atoms with Gasteiger partial charge in [-0.25, -0.2) is 0 Å². The first kappa shape index (κ1) is 12.8. The van der Waals surface area contributed by atoms with Crippen LogP contribution in [0.1, 0.15) is 24.9 Å². The fourth-order valence-corrected chi connectivity index (χ4v) is 1.92. The summed E-state index contributed by atoms with van der Waals surface area (Å²) in [5.74, 6) is 0. The van der Waals surface area contributed by atoms with Crippen molar-refractivity contribution in [2.75, 3.05) is 13.2 Å². The maximum atomic E-state index is 9.25. The van der Waals surface area contributed by atoms with Gasteiger partial charge in [-0.2, -0.15) is 0 Å². The van der Waals surface area contributed by atoms with Crippen molar-refractivity contribution in [2.24, 2.45) is 0 Å². The van der Waals surface area contributed by atoms with Gasteiger partial charge in [-0.05, 0) is 30.7 Å². The van der Waals surface area contributed by atoms with Gasteiger partial charge >= 0.3 is 0 Å². The van der Waals surface area contributed by atoms with Gasteiger partial charge in [-0.3, -0.25) is 0 Å². The molecule has 0 bridgehead atoms. The standard InChI is InChI=1S/C11H15Cl2NO/c1-2-5-14-11(7-15)9-4-3-8(12)6-10(9)13/h3-4,6,11,14-15H,2,5,7H2,1H3. The van der Waals surface area contributed by atoms with E-state index in [9.17, 15) is 5.11 Å². The highest BCUT2D eigenvalue weighted by Gasteiger charge is 2.12. The van der Waals surface area contributed by atoms with Gasteiger partial charge < -0.3 is 10.4 Å². The molecule has 0 aliphatic rings. The van der Waals surface area contributed by atoms with Gasteiger partial charge in [0.25, 0.3) is 0 Å². The van der Waals surface area contributed by atoms with Gasteiger partial charge in [0.1, 0.15) is 0 Å². The van der Waals surface area contributed by atoms with Crippen molar-refractivity contribution in [3.63, 3.8) is 0 Å². The van der Waals surface area contributed by atoms with Crippen LogP contribution in [0, 0.1) is 0 Å². The molecule has 0 aliphatic heterocycles. The number of hydrogen-bond donors (Lipinski definition) is 2. The molecular weight excluding hydrogens is 233 g/mol. The first-order valence-electron chi connectivity index (χ1n) is 4.98. The first-order chi connectivity index (χ1) is 7.19. The van der Waals surface area contributed by atoms with Crippen molar-refractivity contribution in [1.82, 2.24) is 5.32 Å². The van der Waals surface area contributed by atoms with Crippen LogP contribution in [-0.4, -0.2) is 18.3 Å². The molecule has 0 fully saturated rings. The molecule has 0 saturated heterocycles. The third kappa shape index (κ3) is 3.65. The molecule has 1 aromatic rings. The van der Waals surface area contributed by atoms with E-state index in [1.807, 2.05) is 6.07 Å². The summed E-state index contributed by atoms with van der Waals surface area (Å²) in [6.45, 7) is 2.95. The van der Waals surface area contributed by atoms with Crippen LogP contribution in [-0.2, 0) is 0 Å². The van der Waals surface area contributed by atoms with Gasteiger partial charge in [-0.15, -0.1) is 0 Å². The molecule has 1 atom stereocenters. The third-order valence-corrected chi connectivity index (χ3v) is 2.72. The van der Waals surface area contributed by atoms with Crippen LogP contribution in [0.5, 0.6) is 0 Å². The van der Waals surface area contributed by atoms with Gasteiger partial charge in [0.15, 0.2) is 0 Å². The van der Waals surface area contributed by atoms with E-state index in [0.717, 1.165) is 18.5 Å². The van der Waals surface area contributed by atoms with Gasteiger partial charge in [-0.1, -0.05) is 36.2 Å². The lowest BCUT2D eigenvalue weighted by molar-refractivity contribution is 0.245. The summed E-state index contributed by atoms with van der Waals surface area (Å²) in [7, 11) is 0. The summed E-state index contributed by atoms with van der Waals surface area (Å²) in [5, 5.41) is 13.7. The minimum atomic E-state index is -0.116. The summed E-state index contributed by atoms with van der Waals surface area (Å²) in [5.41, 5.74) is 0.886. The zero-order valence-corrected chi connectivity index (χ0v) is 10.1. The number of halogens is 2. The van der Waals surface area contributed by atoms with Crippen LogP contribution < -0.4 is 5.32 Å². The average Bonchev–Trinajstić information content (AvgIpc) is 2.21. The van der Waals surface area contributed by atoms with Crippen LogP contribution in [0.4, 0.5) is 0 Å². The van der Waals surface area contributed by atoms with Crippen molar-refractivity contribution in [3.05, 3.63) is 33.8 Å². The number of aliphatic hydroxyl groups excluding tert-OH is 1. The summed E-state index contributed by atoms with van der Waals surface area (Å²) in [4.78, 5) is 0. The minimum Gasteiger partial charge on any atom is -0.394 e. The maximum Gasteiger partial charge on any atom is 0.0627 e. The number of hydrogen-bond acceptors (Lipinski definition) is 2. The lowest BCUT2D eigenvalue weighted by atomic mass is 10.1. The molecule has 0 heterocycles. The quantitative estimate of drug-likeness (QED) is 0.839. The summed E-state index contributed by atoms with van der Waals surface area (Å²) >= 11 is 11.8. The molecule has 15 heavy (non-hydrogen) atoms. The highest BCUT2D eigenvalue weighted by Crippen LogP contribution is 2.26. The van der Waals surface area contributed by atoms with Crippen LogP contribution in [0.15, 0.2) is 18.2 Å². The second-order valence-electron chi connectivity index (χ2n) is 3.36. The Bertz CT molecular complexity index is 317.